The van der Waals surface area contributed by atoms with Crippen molar-refractivity contribution >= 4 is 5.91 Å². The molecule has 0 unspecified atom stereocenters. The van der Waals surface area contributed by atoms with Gasteiger partial charge in [0, 0.05) is 30.5 Å². The predicted octanol–water partition coefficient (Wildman–Crippen LogP) is 5.40. The number of hydrogen-bond acceptors (Lipinski definition) is 3. The molecule has 0 aliphatic carbocycles. The van der Waals surface area contributed by atoms with Gasteiger partial charge in [0.2, 0.25) is 0 Å². The van der Waals surface area contributed by atoms with E-state index in [2.05, 4.69) is 16.7 Å². The van der Waals surface area contributed by atoms with Crippen molar-refractivity contribution in [1.82, 2.24) is 9.47 Å². The average Bonchev–Trinajstić information content (AvgIpc) is 3.30. The number of amides is 1. The summed E-state index contributed by atoms with van der Waals surface area (Å²) < 4.78 is 12.8. The second kappa shape index (κ2) is 10.6. The van der Waals surface area contributed by atoms with E-state index in [0.29, 0.717) is 25.2 Å². The number of hydrogen-bond donors (Lipinski definition) is 0. The molecule has 0 saturated heterocycles. The highest BCUT2D eigenvalue weighted by Crippen LogP contribution is 2.19. The highest BCUT2D eigenvalue weighted by Gasteiger charge is 2.18. The van der Waals surface area contributed by atoms with Gasteiger partial charge in [0.25, 0.3) is 5.91 Å². The summed E-state index contributed by atoms with van der Waals surface area (Å²) in [5, 5.41) is 0. The molecule has 0 aliphatic rings. The molecule has 0 saturated carbocycles. The molecule has 0 fully saturated rings. The van der Waals surface area contributed by atoms with E-state index in [1.807, 2.05) is 90.0 Å². The molecule has 4 rings (SSSR count). The number of nitrogens with zero attached hydrogens (tertiary/aromatic N) is 2. The number of carbonyl (C=O) groups is 1. The Kier molecular flexibility index (Phi) is 7.10. The Labute approximate surface area is 194 Å². The first-order chi connectivity index (χ1) is 16.2. The van der Waals surface area contributed by atoms with Gasteiger partial charge in [-0.25, -0.2) is 0 Å². The van der Waals surface area contributed by atoms with Crippen molar-refractivity contribution in [2.45, 2.75) is 19.6 Å². The van der Waals surface area contributed by atoms with Crippen LogP contribution in [-0.2, 0) is 19.6 Å². The molecule has 4 aromatic rings. The minimum Gasteiger partial charge on any atom is -0.497 e. The predicted molar refractivity (Wildman–Crippen MR) is 130 cm³/mol. The van der Waals surface area contributed by atoms with Crippen molar-refractivity contribution in [2.75, 3.05) is 14.2 Å². The maximum absolute atomic E-state index is 13.5. The quantitative estimate of drug-likeness (QED) is 0.350. The summed E-state index contributed by atoms with van der Waals surface area (Å²) in [6, 6.07) is 29.5. The molecular weight excluding hydrogens is 412 g/mol. The Morgan fingerprint density at radius 3 is 2.21 bits per heavy atom. The van der Waals surface area contributed by atoms with Gasteiger partial charge >= 0.3 is 0 Å². The van der Waals surface area contributed by atoms with Crippen molar-refractivity contribution in [3.8, 4) is 11.5 Å². The lowest BCUT2D eigenvalue weighted by molar-refractivity contribution is 0.0726. The number of methoxy groups -OCH3 is 2. The van der Waals surface area contributed by atoms with Gasteiger partial charge in [-0.05, 0) is 59.7 Å². The van der Waals surface area contributed by atoms with E-state index in [1.165, 1.54) is 0 Å². The Morgan fingerprint density at radius 1 is 0.758 bits per heavy atom. The summed E-state index contributed by atoms with van der Waals surface area (Å²) in [5.74, 6) is 1.55. The zero-order valence-electron chi connectivity index (χ0n) is 19.0. The smallest absolute Gasteiger partial charge is 0.254 e. The molecule has 0 aliphatic heterocycles. The Hall–Kier alpha value is -3.99. The molecule has 33 heavy (non-hydrogen) atoms. The van der Waals surface area contributed by atoms with E-state index in [-0.39, 0.29) is 5.91 Å². The van der Waals surface area contributed by atoms with Crippen LogP contribution in [0.5, 0.6) is 11.5 Å². The van der Waals surface area contributed by atoms with Gasteiger partial charge in [-0.15, -0.1) is 0 Å². The zero-order valence-corrected chi connectivity index (χ0v) is 19.0. The zero-order chi connectivity index (χ0) is 23.0. The molecule has 5 heteroatoms. The maximum Gasteiger partial charge on any atom is 0.254 e. The van der Waals surface area contributed by atoms with Crippen LogP contribution in [0.15, 0.2) is 97.2 Å². The molecule has 1 heterocycles. The van der Waals surface area contributed by atoms with Gasteiger partial charge in [0.1, 0.15) is 11.5 Å². The van der Waals surface area contributed by atoms with Crippen molar-refractivity contribution in [2.24, 2.45) is 0 Å². The topological polar surface area (TPSA) is 43.7 Å². The largest absolute Gasteiger partial charge is 0.497 e. The molecule has 168 valence electrons. The SMILES string of the molecule is COc1ccc(C(=O)N(Cc2ccccc2)Cc2cccn2Cc2cccc(OC)c2)cc1. The second-order valence-corrected chi connectivity index (χ2v) is 7.85. The monoisotopic (exact) mass is 440 g/mol. The van der Waals surface area contributed by atoms with Crippen molar-refractivity contribution in [3.63, 3.8) is 0 Å². The van der Waals surface area contributed by atoms with Crippen molar-refractivity contribution in [1.29, 1.82) is 0 Å². The van der Waals surface area contributed by atoms with Gasteiger partial charge in [0.15, 0.2) is 0 Å². The van der Waals surface area contributed by atoms with E-state index >= 15 is 0 Å². The van der Waals surface area contributed by atoms with Crippen LogP contribution in [0.3, 0.4) is 0 Å². The summed E-state index contributed by atoms with van der Waals surface area (Å²) in [7, 11) is 3.29. The van der Waals surface area contributed by atoms with E-state index < -0.39 is 0 Å². The van der Waals surface area contributed by atoms with E-state index in [4.69, 9.17) is 9.47 Å². The van der Waals surface area contributed by atoms with Gasteiger partial charge in [0.05, 0.1) is 20.8 Å². The molecule has 0 bridgehead atoms. The molecule has 0 radical (unpaired) electrons. The van der Waals surface area contributed by atoms with Crippen molar-refractivity contribution in [3.05, 3.63) is 120 Å². The Morgan fingerprint density at radius 2 is 1.48 bits per heavy atom. The van der Waals surface area contributed by atoms with Gasteiger partial charge in [-0.2, -0.15) is 0 Å². The standard InChI is InChI=1S/C28H28N2O3/c1-32-26-15-13-24(14-16-26)28(31)30(19-22-8-4-3-5-9-22)21-25-11-7-17-29(25)20-23-10-6-12-27(18-23)33-2/h3-18H,19-21H2,1-2H3. The summed E-state index contributed by atoms with van der Waals surface area (Å²) in [6.45, 7) is 1.72. The first-order valence-electron chi connectivity index (χ1n) is 10.9. The third kappa shape index (κ3) is 5.63. The lowest BCUT2D eigenvalue weighted by Crippen LogP contribution is -2.31. The summed E-state index contributed by atoms with van der Waals surface area (Å²) >= 11 is 0. The number of rotatable bonds is 9. The maximum atomic E-state index is 13.5. The lowest BCUT2D eigenvalue weighted by Gasteiger charge is -2.24. The van der Waals surface area contributed by atoms with Gasteiger partial charge in [-0.3, -0.25) is 4.79 Å². The third-order valence-corrected chi connectivity index (χ3v) is 5.60. The van der Waals surface area contributed by atoms with E-state index in [9.17, 15) is 4.79 Å². The van der Waals surface area contributed by atoms with Gasteiger partial charge < -0.3 is 18.9 Å². The van der Waals surface area contributed by atoms with Crippen LogP contribution in [0.4, 0.5) is 0 Å². The molecule has 1 aromatic heterocycles. The summed E-state index contributed by atoms with van der Waals surface area (Å²) in [4.78, 5) is 15.4. The molecule has 0 N–H and O–H groups in total. The minimum absolute atomic E-state index is 0.0179. The van der Waals surface area contributed by atoms with Gasteiger partial charge in [-0.1, -0.05) is 42.5 Å². The fourth-order valence-corrected chi connectivity index (χ4v) is 3.83. The number of carbonyl (C=O) groups excluding carboxylic acids is 1. The fourth-order valence-electron chi connectivity index (χ4n) is 3.83. The number of aromatic nitrogens is 1. The summed E-state index contributed by atoms with van der Waals surface area (Å²) in [6.07, 6.45) is 2.05. The average molecular weight is 441 g/mol. The second-order valence-electron chi connectivity index (χ2n) is 7.85. The lowest BCUT2D eigenvalue weighted by atomic mass is 10.1. The normalized spacial score (nSPS) is 10.6. The van der Waals surface area contributed by atoms with Crippen LogP contribution in [0.2, 0.25) is 0 Å². The van der Waals surface area contributed by atoms with Crippen LogP contribution in [0.25, 0.3) is 0 Å². The highest BCUT2D eigenvalue weighted by molar-refractivity contribution is 5.94. The number of benzene rings is 3. The van der Waals surface area contributed by atoms with E-state index in [1.54, 1.807) is 14.2 Å². The van der Waals surface area contributed by atoms with Crippen LogP contribution >= 0.6 is 0 Å². The molecule has 3 aromatic carbocycles. The summed E-state index contributed by atoms with van der Waals surface area (Å²) in [5.41, 5.74) is 3.93. The fraction of sp³-hybridized carbons (Fsp3) is 0.179. The van der Waals surface area contributed by atoms with Crippen LogP contribution in [0, 0.1) is 0 Å². The molecule has 0 spiro atoms. The first kappa shape index (κ1) is 22.2. The Balaban J connectivity index is 1.58. The molecule has 1 amide bonds. The van der Waals surface area contributed by atoms with Crippen LogP contribution in [-0.4, -0.2) is 29.6 Å². The van der Waals surface area contributed by atoms with Crippen LogP contribution in [0.1, 0.15) is 27.2 Å². The Bertz CT molecular complexity index is 1180. The van der Waals surface area contributed by atoms with E-state index in [0.717, 1.165) is 28.3 Å². The third-order valence-electron chi connectivity index (χ3n) is 5.60. The molecule has 5 nitrogen and oxygen atoms in total. The molecule has 0 atom stereocenters. The molecular formula is C28H28N2O3. The first-order valence-corrected chi connectivity index (χ1v) is 10.9. The van der Waals surface area contributed by atoms with Crippen molar-refractivity contribution < 1.29 is 14.3 Å². The van der Waals surface area contributed by atoms with Crippen LogP contribution < -0.4 is 9.47 Å². The number of ether oxygens (including phenoxy) is 2. The highest BCUT2D eigenvalue weighted by atomic mass is 16.5. The minimum atomic E-state index is -0.0179.